The maximum absolute atomic E-state index is 11.7. The highest BCUT2D eigenvalue weighted by Gasteiger charge is 2.14. The Bertz CT molecular complexity index is 400. The molecule has 17 heavy (non-hydrogen) atoms. The Kier molecular flexibility index (Phi) is 4.82. The minimum Gasteiger partial charge on any atom is -0.491 e. The van der Waals surface area contributed by atoms with Gasteiger partial charge in [0.15, 0.2) is 0 Å². The molecule has 0 aromatic heterocycles. The van der Waals surface area contributed by atoms with Crippen LogP contribution in [0, 0.1) is 0 Å². The van der Waals surface area contributed by atoms with Crippen LogP contribution in [0.15, 0.2) is 18.2 Å². The number of hydrogen-bond acceptors (Lipinski definition) is 3. The highest BCUT2D eigenvalue weighted by Crippen LogP contribution is 2.24. The van der Waals surface area contributed by atoms with Crippen LogP contribution in [-0.2, 0) is 4.74 Å². The molecular formula is C13H17ClO3. The lowest BCUT2D eigenvalue weighted by Crippen LogP contribution is -2.12. The largest absolute Gasteiger partial charge is 0.491 e. The van der Waals surface area contributed by atoms with Crippen molar-refractivity contribution in [3.63, 3.8) is 0 Å². The van der Waals surface area contributed by atoms with Crippen molar-refractivity contribution in [1.82, 2.24) is 0 Å². The summed E-state index contributed by atoms with van der Waals surface area (Å²) in [6.07, 6.45) is -0.0929. The van der Waals surface area contributed by atoms with Crippen LogP contribution in [0.5, 0.6) is 5.75 Å². The summed E-state index contributed by atoms with van der Waals surface area (Å²) in [5.74, 6) is 0.229. The van der Waals surface area contributed by atoms with Crippen LogP contribution in [0.3, 0.4) is 0 Å². The van der Waals surface area contributed by atoms with Gasteiger partial charge in [-0.15, -0.1) is 0 Å². The fourth-order valence-electron chi connectivity index (χ4n) is 1.28. The first kappa shape index (κ1) is 13.8. The van der Waals surface area contributed by atoms with Crippen LogP contribution in [-0.4, -0.2) is 18.2 Å². The Labute approximate surface area is 107 Å². The second-order valence-corrected chi connectivity index (χ2v) is 4.67. The zero-order chi connectivity index (χ0) is 13.0. The second kappa shape index (κ2) is 5.92. The molecule has 0 aliphatic carbocycles. The van der Waals surface area contributed by atoms with Crippen molar-refractivity contribution >= 4 is 17.6 Å². The molecular weight excluding hydrogens is 240 g/mol. The molecule has 0 aliphatic heterocycles. The molecule has 1 aromatic carbocycles. The van der Waals surface area contributed by atoms with Crippen molar-refractivity contribution in [3.05, 3.63) is 28.8 Å². The number of esters is 1. The Balaban J connectivity index is 2.86. The third-order valence-electron chi connectivity index (χ3n) is 1.87. The van der Waals surface area contributed by atoms with E-state index in [1.807, 2.05) is 13.8 Å². The molecule has 0 heterocycles. The summed E-state index contributed by atoms with van der Waals surface area (Å²) in [5, 5.41) is 0.341. The fraction of sp³-hybridized carbons (Fsp3) is 0.462. The molecule has 0 bridgehead atoms. The van der Waals surface area contributed by atoms with Crippen molar-refractivity contribution in [2.24, 2.45) is 0 Å². The fourth-order valence-corrected chi connectivity index (χ4v) is 1.53. The average molecular weight is 257 g/mol. The van der Waals surface area contributed by atoms with Gasteiger partial charge in [0, 0.05) is 0 Å². The van der Waals surface area contributed by atoms with Crippen molar-refractivity contribution in [1.29, 1.82) is 0 Å². The lowest BCUT2D eigenvalue weighted by Gasteiger charge is -2.12. The normalized spacial score (nSPS) is 10.8. The van der Waals surface area contributed by atoms with E-state index >= 15 is 0 Å². The Morgan fingerprint density at radius 3 is 2.29 bits per heavy atom. The zero-order valence-electron chi connectivity index (χ0n) is 10.5. The average Bonchev–Trinajstić information content (AvgIpc) is 2.14. The van der Waals surface area contributed by atoms with E-state index in [2.05, 4.69) is 0 Å². The summed E-state index contributed by atoms with van der Waals surface area (Å²) in [7, 11) is 0. The highest BCUT2D eigenvalue weighted by molar-refractivity contribution is 6.33. The first-order valence-electron chi connectivity index (χ1n) is 5.57. The molecule has 0 radical (unpaired) electrons. The summed E-state index contributed by atoms with van der Waals surface area (Å²) in [6, 6.07) is 4.95. The van der Waals surface area contributed by atoms with Crippen molar-refractivity contribution in [2.75, 3.05) is 0 Å². The second-order valence-electron chi connectivity index (χ2n) is 4.26. The first-order valence-corrected chi connectivity index (χ1v) is 5.95. The molecule has 94 valence electrons. The number of benzene rings is 1. The predicted molar refractivity (Wildman–Crippen MR) is 67.8 cm³/mol. The van der Waals surface area contributed by atoms with Crippen LogP contribution in [0.4, 0.5) is 0 Å². The van der Waals surface area contributed by atoms with Gasteiger partial charge in [-0.3, -0.25) is 0 Å². The molecule has 0 aliphatic rings. The lowest BCUT2D eigenvalue weighted by molar-refractivity contribution is 0.0378. The van der Waals surface area contributed by atoms with Gasteiger partial charge in [-0.1, -0.05) is 11.6 Å². The summed E-state index contributed by atoms with van der Waals surface area (Å²) in [6.45, 7) is 7.44. The van der Waals surface area contributed by atoms with Crippen LogP contribution in [0.25, 0.3) is 0 Å². The van der Waals surface area contributed by atoms with Crippen LogP contribution >= 0.6 is 11.6 Å². The van der Waals surface area contributed by atoms with Crippen molar-refractivity contribution in [2.45, 2.75) is 39.9 Å². The van der Waals surface area contributed by atoms with Gasteiger partial charge in [0.25, 0.3) is 0 Å². The molecule has 1 rings (SSSR count). The van der Waals surface area contributed by atoms with Gasteiger partial charge in [0.1, 0.15) is 5.75 Å². The summed E-state index contributed by atoms with van der Waals surface area (Å²) in [5.41, 5.74) is 0.358. The lowest BCUT2D eigenvalue weighted by atomic mass is 10.2. The SMILES string of the molecule is CC(C)OC(=O)c1ccc(OC(C)C)cc1Cl. The maximum Gasteiger partial charge on any atom is 0.339 e. The van der Waals surface area contributed by atoms with Gasteiger partial charge in [-0.25, -0.2) is 4.79 Å². The third kappa shape index (κ3) is 4.27. The van der Waals surface area contributed by atoms with Gasteiger partial charge in [0.05, 0.1) is 22.8 Å². The van der Waals surface area contributed by atoms with E-state index in [1.54, 1.807) is 32.0 Å². The molecule has 0 fully saturated rings. The van der Waals surface area contributed by atoms with Crippen LogP contribution < -0.4 is 4.74 Å². The van der Waals surface area contributed by atoms with E-state index in [0.29, 0.717) is 16.3 Å². The van der Waals surface area contributed by atoms with Crippen LogP contribution in [0.2, 0.25) is 5.02 Å². The topological polar surface area (TPSA) is 35.5 Å². The Hall–Kier alpha value is -1.22. The van der Waals surface area contributed by atoms with E-state index in [9.17, 15) is 4.79 Å². The third-order valence-corrected chi connectivity index (χ3v) is 2.19. The van der Waals surface area contributed by atoms with E-state index < -0.39 is 5.97 Å². The zero-order valence-corrected chi connectivity index (χ0v) is 11.2. The van der Waals surface area contributed by atoms with Gasteiger partial charge in [0.2, 0.25) is 0 Å². The minimum absolute atomic E-state index is 0.0690. The summed E-state index contributed by atoms with van der Waals surface area (Å²) in [4.78, 5) is 11.7. The number of carbonyl (C=O) groups excluding carboxylic acids is 1. The molecule has 0 N–H and O–H groups in total. The molecule has 0 saturated carbocycles. The molecule has 4 heteroatoms. The minimum atomic E-state index is -0.416. The smallest absolute Gasteiger partial charge is 0.339 e. The standard InChI is InChI=1S/C13H17ClO3/c1-8(2)16-10-5-6-11(12(14)7-10)13(15)17-9(3)4/h5-9H,1-4H3. The predicted octanol–water partition coefficient (Wildman–Crippen LogP) is 3.69. The van der Waals surface area contributed by atoms with Crippen LogP contribution in [0.1, 0.15) is 38.1 Å². The molecule has 1 aromatic rings. The molecule has 0 amide bonds. The molecule has 0 saturated heterocycles. The molecule has 0 unspecified atom stereocenters. The van der Waals surface area contributed by atoms with Gasteiger partial charge in [-0.05, 0) is 45.9 Å². The van der Waals surface area contributed by atoms with Crippen molar-refractivity contribution in [3.8, 4) is 5.75 Å². The van der Waals surface area contributed by atoms with E-state index in [0.717, 1.165) is 0 Å². The highest BCUT2D eigenvalue weighted by atomic mass is 35.5. The molecule has 3 nitrogen and oxygen atoms in total. The van der Waals surface area contributed by atoms with Crippen molar-refractivity contribution < 1.29 is 14.3 Å². The van der Waals surface area contributed by atoms with Gasteiger partial charge < -0.3 is 9.47 Å². The molecule has 0 spiro atoms. The van der Waals surface area contributed by atoms with Gasteiger partial charge >= 0.3 is 5.97 Å². The monoisotopic (exact) mass is 256 g/mol. The molecule has 0 atom stereocenters. The number of rotatable bonds is 4. The Morgan fingerprint density at radius 1 is 1.18 bits per heavy atom. The number of halogens is 1. The first-order chi connectivity index (χ1) is 7.90. The number of ether oxygens (including phenoxy) is 2. The van der Waals surface area contributed by atoms with E-state index in [4.69, 9.17) is 21.1 Å². The number of carbonyl (C=O) groups is 1. The summed E-state index contributed by atoms with van der Waals surface area (Å²) < 4.78 is 10.5. The summed E-state index contributed by atoms with van der Waals surface area (Å²) >= 11 is 6.01. The quantitative estimate of drug-likeness (QED) is 0.771. The van der Waals surface area contributed by atoms with E-state index in [-0.39, 0.29) is 12.2 Å². The van der Waals surface area contributed by atoms with Gasteiger partial charge in [-0.2, -0.15) is 0 Å². The van der Waals surface area contributed by atoms with E-state index in [1.165, 1.54) is 0 Å². The number of hydrogen-bond donors (Lipinski definition) is 0. The maximum atomic E-state index is 11.7. The Morgan fingerprint density at radius 2 is 1.82 bits per heavy atom.